The lowest BCUT2D eigenvalue weighted by molar-refractivity contribution is 0.0734. The fourth-order valence-corrected chi connectivity index (χ4v) is 3.25. The van der Waals surface area contributed by atoms with Crippen molar-refractivity contribution in [2.24, 2.45) is 0 Å². The normalized spacial score (nSPS) is 10.3. The maximum Gasteiger partial charge on any atom is 0.343 e. The lowest BCUT2D eigenvalue weighted by Gasteiger charge is -2.06. The van der Waals surface area contributed by atoms with E-state index in [1.807, 2.05) is 24.3 Å². The van der Waals surface area contributed by atoms with Crippen LogP contribution in [0.2, 0.25) is 0 Å². The first-order valence-electron chi connectivity index (χ1n) is 11.6. The topological polar surface area (TPSA) is 35.5 Å². The van der Waals surface area contributed by atoms with Crippen LogP contribution in [0.15, 0.2) is 66.7 Å². The molecule has 0 unspecified atom stereocenters. The van der Waals surface area contributed by atoms with Crippen molar-refractivity contribution in [3.63, 3.8) is 0 Å². The Labute approximate surface area is 199 Å². The van der Waals surface area contributed by atoms with Gasteiger partial charge in [-0.25, -0.2) is 13.6 Å². The molecule has 0 heterocycles. The highest BCUT2D eigenvalue weighted by molar-refractivity contribution is 5.91. The summed E-state index contributed by atoms with van der Waals surface area (Å²) in [6.45, 7) is 2.94. The monoisotopic (exact) mass is 462 g/mol. The minimum Gasteiger partial charge on any atom is -0.494 e. The van der Waals surface area contributed by atoms with Gasteiger partial charge in [0.1, 0.15) is 11.5 Å². The van der Waals surface area contributed by atoms with Gasteiger partial charge in [0, 0.05) is 17.2 Å². The van der Waals surface area contributed by atoms with Crippen LogP contribution in [0.25, 0.3) is 0 Å². The molecule has 0 spiro atoms. The second kappa shape index (κ2) is 13.2. The van der Waals surface area contributed by atoms with E-state index in [-0.39, 0.29) is 11.3 Å². The van der Waals surface area contributed by atoms with Gasteiger partial charge in [-0.05, 0) is 67.1 Å². The van der Waals surface area contributed by atoms with Gasteiger partial charge in [-0.1, -0.05) is 50.9 Å². The number of rotatable bonds is 10. The Morgan fingerprint density at radius 2 is 1.32 bits per heavy atom. The standard InChI is InChI=1S/C29H28F2O3/c1-2-3-4-5-6-7-20-33-25-16-12-23(13-17-25)9-8-22-10-14-24(15-11-22)29(32)34-26-18-19-27(30)28(31)21-26/h10-19,21H,2-7,20H2,1H3. The molecule has 0 aromatic heterocycles. The summed E-state index contributed by atoms with van der Waals surface area (Å²) in [5.74, 6) is 4.17. The molecular weight excluding hydrogens is 434 g/mol. The Morgan fingerprint density at radius 1 is 0.735 bits per heavy atom. The van der Waals surface area contributed by atoms with Gasteiger partial charge in [-0.15, -0.1) is 0 Å². The Kier molecular flexibility index (Phi) is 9.66. The number of benzene rings is 3. The number of hydrogen-bond acceptors (Lipinski definition) is 3. The molecule has 34 heavy (non-hydrogen) atoms. The maximum atomic E-state index is 13.3. The summed E-state index contributed by atoms with van der Waals surface area (Å²) >= 11 is 0. The van der Waals surface area contributed by atoms with Gasteiger partial charge in [-0.2, -0.15) is 0 Å². The molecule has 3 rings (SSSR count). The number of halogens is 2. The Balaban J connectivity index is 1.48. The van der Waals surface area contributed by atoms with Crippen molar-refractivity contribution in [3.05, 3.63) is 95.1 Å². The molecule has 0 atom stereocenters. The average Bonchev–Trinajstić information content (AvgIpc) is 2.85. The van der Waals surface area contributed by atoms with Gasteiger partial charge < -0.3 is 9.47 Å². The molecule has 0 aliphatic carbocycles. The first-order valence-corrected chi connectivity index (χ1v) is 11.6. The van der Waals surface area contributed by atoms with Gasteiger partial charge in [-0.3, -0.25) is 0 Å². The minimum atomic E-state index is -1.08. The number of unbranched alkanes of at least 4 members (excludes halogenated alkanes) is 5. The maximum absolute atomic E-state index is 13.3. The van der Waals surface area contributed by atoms with Crippen LogP contribution in [-0.4, -0.2) is 12.6 Å². The summed E-state index contributed by atoms with van der Waals surface area (Å²) in [5, 5.41) is 0. The first-order chi connectivity index (χ1) is 16.5. The van der Waals surface area contributed by atoms with E-state index >= 15 is 0 Å². The van der Waals surface area contributed by atoms with Crippen LogP contribution in [0.4, 0.5) is 8.78 Å². The summed E-state index contributed by atoms with van der Waals surface area (Å²) in [6, 6.07) is 17.1. The van der Waals surface area contributed by atoms with Crippen molar-refractivity contribution < 1.29 is 23.0 Å². The van der Waals surface area contributed by atoms with Crippen LogP contribution in [0.3, 0.4) is 0 Å². The van der Waals surface area contributed by atoms with Crippen molar-refractivity contribution in [2.45, 2.75) is 45.4 Å². The van der Waals surface area contributed by atoms with Crippen LogP contribution in [0, 0.1) is 23.5 Å². The van der Waals surface area contributed by atoms with Crippen molar-refractivity contribution in [1.29, 1.82) is 0 Å². The largest absolute Gasteiger partial charge is 0.494 e. The second-order valence-electron chi connectivity index (χ2n) is 7.93. The number of carbonyl (C=O) groups is 1. The Hall–Kier alpha value is -3.65. The number of carbonyl (C=O) groups excluding carboxylic acids is 1. The van der Waals surface area contributed by atoms with E-state index in [9.17, 15) is 13.6 Å². The van der Waals surface area contributed by atoms with Gasteiger partial charge in [0.15, 0.2) is 11.6 Å². The smallest absolute Gasteiger partial charge is 0.343 e. The molecule has 0 bridgehead atoms. The van der Waals surface area contributed by atoms with Gasteiger partial charge in [0.25, 0.3) is 0 Å². The summed E-state index contributed by atoms with van der Waals surface area (Å²) in [7, 11) is 0. The van der Waals surface area contributed by atoms with Gasteiger partial charge in [0.05, 0.1) is 12.2 Å². The van der Waals surface area contributed by atoms with Crippen molar-refractivity contribution in [3.8, 4) is 23.3 Å². The molecule has 176 valence electrons. The first kappa shape index (κ1) is 25.0. The van der Waals surface area contributed by atoms with E-state index in [0.717, 1.165) is 42.0 Å². The molecule has 0 radical (unpaired) electrons. The molecule has 0 N–H and O–H groups in total. The van der Waals surface area contributed by atoms with Gasteiger partial charge >= 0.3 is 5.97 Å². The van der Waals surface area contributed by atoms with Crippen molar-refractivity contribution in [1.82, 2.24) is 0 Å². The molecule has 0 saturated heterocycles. The third kappa shape index (κ3) is 8.04. The number of esters is 1. The average molecular weight is 463 g/mol. The van der Waals surface area contributed by atoms with E-state index in [1.165, 1.54) is 38.2 Å². The molecule has 3 aromatic carbocycles. The predicted octanol–water partition coefficient (Wildman–Crippen LogP) is 7.32. The molecule has 0 fully saturated rings. The van der Waals surface area contributed by atoms with Crippen molar-refractivity contribution >= 4 is 5.97 Å². The highest BCUT2D eigenvalue weighted by Gasteiger charge is 2.10. The third-order valence-electron chi connectivity index (χ3n) is 5.19. The molecule has 3 aromatic rings. The lowest BCUT2D eigenvalue weighted by atomic mass is 10.1. The molecule has 0 amide bonds. The van der Waals surface area contributed by atoms with Crippen LogP contribution >= 0.6 is 0 Å². The highest BCUT2D eigenvalue weighted by atomic mass is 19.2. The Bertz CT molecular complexity index is 1130. The number of ether oxygens (including phenoxy) is 2. The SMILES string of the molecule is CCCCCCCCOc1ccc(C#Cc2ccc(C(=O)Oc3ccc(F)c(F)c3)cc2)cc1. The molecule has 5 heteroatoms. The zero-order valence-electron chi connectivity index (χ0n) is 19.3. The summed E-state index contributed by atoms with van der Waals surface area (Å²) in [5.41, 5.74) is 1.86. The minimum absolute atomic E-state index is 0.0628. The predicted molar refractivity (Wildman–Crippen MR) is 129 cm³/mol. The molecule has 0 aliphatic heterocycles. The Morgan fingerprint density at radius 3 is 1.97 bits per heavy atom. The van der Waals surface area contributed by atoms with E-state index in [4.69, 9.17) is 9.47 Å². The van der Waals surface area contributed by atoms with Crippen molar-refractivity contribution in [2.75, 3.05) is 6.61 Å². The van der Waals surface area contributed by atoms with E-state index in [1.54, 1.807) is 24.3 Å². The van der Waals surface area contributed by atoms with Crippen LogP contribution in [0.5, 0.6) is 11.5 Å². The molecule has 3 nitrogen and oxygen atoms in total. The zero-order chi connectivity index (χ0) is 24.2. The van der Waals surface area contributed by atoms with E-state index < -0.39 is 17.6 Å². The van der Waals surface area contributed by atoms with Crippen LogP contribution < -0.4 is 9.47 Å². The van der Waals surface area contributed by atoms with Crippen LogP contribution in [0.1, 0.15) is 66.9 Å². The summed E-state index contributed by atoms with van der Waals surface area (Å²) < 4.78 is 37.1. The summed E-state index contributed by atoms with van der Waals surface area (Å²) in [4.78, 5) is 12.2. The highest BCUT2D eigenvalue weighted by Crippen LogP contribution is 2.17. The summed E-state index contributed by atoms with van der Waals surface area (Å²) in [6.07, 6.45) is 7.39. The molecule has 0 aliphatic rings. The molecular formula is C29H28F2O3. The quantitative estimate of drug-likeness (QED) is 0.137. The fraction of sp³-hybridized carbons (Fsp3) is 0.276. The second-order valence-corrected chi connectivity index (χ2v) is 7.93. The zero-order valence-corrected chi connectivity index (χ0v) is 19.3. The molecule has 0 saturated carbocycles. The van der Waals surface area contributed by atoms with Gasteiger partial charge in [0.2, 0.25) is 0 Å². The fourth-order valence-electron chi connectivity index (χ4n) is 3.25. The van der Waals surface area contributed by atoms with E-state index in [0.29, 0.717) is 0 Å². The number of hydrogen-bond donors (Lipinski definition) is 0. The van der Waals surface area contributed by atoms with Crippen LogP contribution in [-0.2, 0) is 0 Å². The lowest BCUT2D eigenvalue weighted by Crippen LogP contribution is -2.08. The third-order valence-corrected chi connectivity index (χ3v) is 5.19. The van der Waals surface area contributed by atoms with E-state index in [2.05, 4.69) is 18.8 Å².